The summed E-state index contributed by atoms with van der Waals surface area (Å²) in [5, 5.41) is 20.0. The molecule has 9 heteroatoms. The monoisotopic (exact) mass is 614 g/mol. The van der Waals surface area contributed by atoms with E-state index in [1.54, 1.807) is 24.4 Å². The van der Waals surface area contributed by atoms with E-state index >= 15 is 0 Å². The van der Waals surface area contributed by atoms with Gasteiger partial charge in [0.05, 0.1) is 25.3 Å². The summed E-state index contributed by atoms with van der Waals surface area (Å²) in [6, 6.07) is 25.0. The van der Waals surface area contributed by atoms with E-state index in [0.29, 0.717) is 50.1 Å². The van der Waals surface area contributed by atoms with Crippen LogP contribution in [0.1, 0.15) is 33.6 Å². The van der Waals surface area contributed by atoms with Crippen molar-refractivity contribution < 1.29 is 13.2 Å². The molecule has 2 heterocycles. The number of nitrogens with zero attached hydrogens (tertiary/aromatic N) is 6. The van der Waals surface area contributed by atoms with Crippen LogP contribution >= 0.6 is 0 Å². The van der Waals surface area contributed by atoms with Gasteiger partial charge in [-0.05, 0) is 122 Å². The maximum Gasteiger partial charge on any atom is 0.433 e. The van der Waals surface area contributed by atoms with Gasteiger partial charge < -0.3 is 0 Å². The number of rotatable bonds is 2. The van der Waals surface area contributed by atoms with Crippen LogP contribution in [-0.4, -0.2) is 9.97 Å². The van der Waals surface area contributed by atoms with E-state index in [0.717, 1.165) is 40.2 Å². The lowest BCUT2D eigenvalue weighted by Gasteiger charge is -2.10. The molecule has 0 amide bonds. The van der Waals surface area contributed by atoms with Gasteiger partial charge in [-0.2, -0.15) is 13.2 Å². The normalized spacial score (nSPS) is 14.4. The Morgan fingerprint density at radius 2 is 1.04 bits per heavy atom. The Bertz CT molecular complexity index is 2430. The number of hydrogen-bond donors (Lipinski definition) is 0. The molecule has 0 bridgehead atoms. The number of aromatic nitrogens is 2. The van der Waals surface area contributed by atoms with Crippen molar-refractivity contribution >= 4 is 11.1 Å². The van der Waals surface area contributed by atoms with Gasteiger partial charge in [0.15, 0.2) is 0 Å². The van der Waals surface area contributed by atoms with E-state index in [1.165, 1.54) is 6.07 Å². The van der Waals surface area contributed by atoms with E-state index < -0.39 is 11.9 Å². The van der Waals surface area contributed by atoms with Crippen molar-refractivity contribution in [1.82, 2.24) is 9.97 Å². The minimum absolute atomic E-state index is 0.0747. The van der Waals surface area contributed by atoms with Crippen molar-refractivity contribution in [1.29, 1.82) is 10.5 Å². The van der Waals surface area contributed by atoms with E-state index in [-0.39, 0.29) is 17.0 Å². The molecule has 2 aliphatic carbocycles. The van der Waals surface area contributed by atoms with Crippen molar-refractivity contribution in [3.63, 3.8) is 0 Å². The summed E-state index contributed by atoms with van der Waals surface area (Å²) in [5.74, 6) is 0. The molecule has 0 radical (unpaired) electrons. The molecule has 0 saturated heterocycles. The molecule has 47 heavy (non-hydrogen) atoms. The highest BCUT2D eigenvalue weighted by Gasteiger charge is 2.35. The minimum atomic E-state index is -4.63. The second-order valence-electron chi connectivity index (χ2n) is 11.0. The van der Waals surface area contributed by atoms with E-state index in [1.807, 2.05) is 55.5 Å². The number of halogens is 3. The molecule has 0 unspecified atom stereocenters. The summed E-state index contributed by atoms with van der Waals surface area (Å²) < 4.78 is 40.3. The Morgan fingerprint density at radius 3 is 1.49 bits per heavy atom. The molecule has 7 rings (SSSR count). The quantitative estimate of drug-likeness (QED) is 0.143. The van der Waals surface area contributed by atoms with Gasteiger partial charge in [-0.15, -0.1) is 0 Å². The largest absolute Gasteiger partial charge is 0.433 e. The molecule has 0 atom stereocenters. The number of fused-ring (bicyclic) bond motifs is 6. The molecule has 3 aromatic carbocycles. The average molecular weight is 615 g/mol. The van der Waals surface area contributed by atoms with Gasteiger partial charge in [0.2, 0.25) is 0 Å². The third kappa shape index (κ3) is 4.55. The number of alkyl halides is 3. The van der Waals surface area contributed by atoms with Crippen LogP contribution in [-0.2, 0) is 6.18 Å². The summed E-state index contributed by atoms with van der Waals surface area (Å²) in [7, 11) is 0. The maximum atomic E-state index is 13.4. The smallest absolute Gasteiger partial charge is 0.262 e. The SMILES string of the molecule is [C-]#[N+]/C(C#N)=C1/c2cc(-c3ccnc(C(F)(F)F)c3)ccc2-c2cc3c(cc21)-c1ccc(-c2ccnc(C)c2)cc1/C3=C(/C#N)[N+]#[C-]. The van der Waals surface area contributed by atoms with Crippen LogP contribution in [0.3, 0.4) is 0 Å². The van der Waals surface area contributed by atoms with Crippen LogP contribution in [0.15, 0.2) is 96.6 Å². The highest BCUT2D eigenvalue weighted by atomic mass is 19.4. The average Bonchev–Trinajstić information content (AvgIpc) is 3.56. The molecule has 220 valence electrons. The van der Waals surface area contributed by atoms with Gasteiger partial charge in [-0.1, -0.05) is 24.3 Å². The van der Waals surface area contributed by atoms with E-state index in [2.05, 4.69) is 25.7 Å². The topological polar surface area (TPSA) is 82.1 Å². The van der Waals surface area contributed by atoms with Crippen LogP contribution in [0.2, 0.25) is 0 Å². The minimum Gasteiger partial charge on any atom is -0.262 e. The second-order valence-corrected chi connectivity index (χ2v) is 11.0. The van der Waals surface area contributed by atoms with Gasteiger partial charge in [-0.25, -0.2) is 20.2 Å². The lowest BCUT2D eigenvalue weighted by molar-refractivity contribution is -0.141. The number of pyridine rings is 2. The van der Waals surface area contributed by atoms with Gasteiger partial charge in [0.25, 0.3) is 11.4 Å². The van der Waals surface area contributed by atoms with E-state index in [4.69, 9.17) is 13.1 Å². The Labute approximate surface area is 267 Å². The molecule has 0 spiro atoms. The fourth-order valence-electron chi connectivity index (χ4n) is 6.35. The van der Waals surface area contributed by atoms with Crippen molar-refractivity contribution in [2.75, 3.05) is 0 Å². The van der Waals surface area contributed by atoms with Crippen molar-refractivity contribution in [3.8, 4) is 56.6 Å². The zero-order valence-corrected chi connectivity index (χ0v) is 24.4. The number of aryl methyl sites for hydroxylation is 1. The van der Waals surface area contributed by atoms with Crippen LogP contribution in [0.5, 0.6) is 0 Å². The molecule has 5 aromatic rings. The third-order valence-corrected chi connectivity index (χ3v) is 8.38. The first-order chi connectivity index (χ1) is 22.7. The number of allylic oxidation sites excluding steroid dienone is 2. The predicted octanol–water partition coefficient (Wildman–Crippen LogP) is 9.50. The fraction of sp³-hybridized carbons (Fsp3) is 0.0526. The van der Waals surface area contributed by atoms with Gasteiger partial charge >= 0.3 is 6.18 Å². The summed E-state index contributed by atoms with van der Waals surface area (Å²) in [4.78, 5) is 14.8. The Hall–Kier alpha value is -6.81. The molecule has 0 N–H and O–H groups in total. The van der Waals surface area contributed by atoms with E-state index in [9.17, 15) is 23.7 Å². The number of benzene rings is 3. The van der Waals surface area contributed by atoms with Crippen molar-refractivity contribution in [2.24, 2.45) is 0 Å². The first-order valence-electron chi connectivity index (χ1n) is 14.2. The summed E-state index contributed by atoms with van der Waals surface area (Å²) in [6.07, 6.45) is -1.81. The lowest BCUT2D eigenvalue weighted by atomic mass is 9.95. The molecule has 0 saturated carbocycles. The predicted molar refractivity (Wildman–Crippen MR) is 170 cm³/mol. The molecule has 0 aliphatic heterocycles. The molecular weight excluding hydrogens is 597 g/mol. The molecule has 2 aliphatic rings. The van der Waals surface area contributed by atoms with Crippen LogP contribution in [0.4, 0.5) is 13.2 Å². The standard InChI is InChI=1S/C38H17F3N6/c1-20-12-23(8-10-46-20)21-4-6-25-27-16-32-28(17-31(27)36(29(25)13-21)33(18-42)44-2)26-7-5-22(14-30(26)37(32)34(19-43)45-3)24-9-11-47-35(15-24)38(39,40)41/h4-17H,1H3/b36-33+,37-34-. The highest BCUT2D eigenvalue weighted by Crippen LogP contribution is 2.54. The number of nitriles is 2. The first-order valence-corrected chi connectivity index (χ1v) is 14.2. The Balaban J connectivity index is 1.46. The van der Waals surface area contributed by atoms with Gasteiger partial charge in [-0.3, -0.25) is 9.97 Å². The molecular formula is C38H17F3N6. The Kier molecular flexibility index (Phi) is 6.57. The summed E-state index contributed by atoms with van der Waals surface area (Å²) >= 11 is 0. The summed E-state index contributed by atoms with van der Waals surface area (Å²) in [5.41, 5.74) is 8.39. The van der Waals surface area contributed by atoms with Crippen LogP contribution < -0.4 is 0 Å². The first kappa shape index (κ1) is 28.9. The fourth-order valence-corrected chi connectivity index (χ4v) is 6.35. The maximum absolute atomic E-state index is 13.4. The zero-order chi connectivity index (χ0) is 33.0. The molecule has 6 nitrogen and oxygen atoms in total. The zero-order valence-electron chi connectivity index (χ0n) is 24.4. The van der Waals surface area contributed by atoms with Crippen LogP contribution in [0, 0.1) is 42.7 Å². The molecule has 2 aromatic heterocycles. The third-order valence-electron chi connectivity index (χ3n) is 8.38. The lowest BCUT2D eigenvalue weighted by Crippen LogP contribution is -2.07. The van der Waals surface area contributed by atoms with Gasteiger partial charge in [0.1, 0.15) is 5.69 Å². The van der Waals surface area contributed by atoms with Gasteiger partial charge in [0, 0.05) is 29.2 Å². The molecule has 0 fully saturated rings. The second kappa shape index (κ2) is 10.7. The van der Waals surface area contributed by atoms with Crippen LogP contribution in [0.25, 0.3) is 65.3 Å². The Morgan fingerprint density at radius 1 is 0.596 bits per heavy atom. The highest BCUT2D eigenvalue weighted by molar-refractivity contribution is 6.11. The summed E-state index contributed by atoms with van der Waals surface area (Å²) in [6.45, 7) is 17.5. The van der Waals surface area contributed by atoms with Crippen molar-refractivity contribution in [2.45, 2.75) is 13.1 Å². The van der Waals surface area contributed by atoms with Crippen molar-refractivity contribution in [3.05, 3.63) is 153 Å². The number of hydrogen-bond acceptors (Lipinski definition) is 4.